The number of carboxylic acids is 1. The van der Waals surface area contributed by atoms with Gasteiger partial charge in [0.25, 0.3) is 5.91 Å². The largest absolute Gasteiger partial charge is 0.493 e. The van der Waals surface area contributed by atoms with Crippen LogP contribution in [0, 0.1) is 0 Å². The quantitative estimate of drug-likeness (QED) is 0.532. The third-order valence-electron chi connectivity index (χ3n) is 3.81. The topological polar surface area (TPSA) is 114 Å². The smallest absolute Gasteiger partial charge is 0.335 e. The molecule has 1 aliphatic heterocycles. The van der Waals surface area contributed by atoms with Gasteiger partial charge in [-0.05, 0) is 29.8 Å². The summed E-state index contributed by atoms with van der Waals surface area (Å²) in [7, 11) is 1.48. The number of para-hydroxylation sites is 1. The average molecular weight is 368 g/mol. The number of nitrogens with one attached hydrogen (secondary N) is 2. The molecule has 0 atom stereocenters. The van der Waals surface area contributed by atoms with Crippen LogP contribution in [0.3, 0.4) is 0 Å². The fourth-order valence-corrected chi connectivity index (χ4v) is 2.55. The number of carbonyl (C=O) groups is 3. The fraction of sp³-hybridized carbons (Fsp3) is 0.105. The summed E-state index contributed by atoms with van der Waals surface area (Å²) < 4.78 is 11.2. The molecule has 0 saturated carbocycles. The Bertz CT molecular complexity index is 951. The van der Waals surface area contributed by atoms with E-state index in [0.717, 1.165) is 0 Å². The third-order valence-corrected chi connectivity index (χ3v) is 3.81. The molecule has 3 amide bonds. The molecule has 0 aromatic heterocycles. The maximum absolute atomic E-state index is 11.7. The number of benzene rings is 2. The first-order valence-corrected chi connectivity index (χ1v) is 7.94. The van der Waals surface area contributed by atoms with Gasteiger partial charge in [0.15, 0.2) is 11.5 Å². The maximum atomic E-state index is 11.7. The van der Waals surface area contributed by atoms with Gasteiger partial charge in [0.05, 0.1) is 12.7 Å². The molecule has 0 bridgehead atoms. The number of methoxy groups -OCH3 is 1. The van der Waals surface area contributed by atoms with Crippen molar-refractivity contribution in [3.63, 3.8) is 0 Å². The van der Waals surface area contributed by atoms with Crippen molar-refractivity contribution < 1.29 is 29.0 Å². The highest BCUT2D eigenvalue weighted by Crippen LogP contribution is 2.33. The van der Waals surface area contributed by atoms with E-state index in [1.165, 1.54) is 25.3 Å². The van der Waals surface area contributed by atoms with E-state index in [-0.39, 0.29) is 17.9 Å². The first-order chi connectivity index (χ1) is 13.0. The Morgan fingerprint density at radius 3 is 2.59 bits per heavy atom. The summed E-state index contributed by atoms with van der Waals surface area (Å²) >= 11 is 0. The van der Waals surface area contributed by atoms with Gasteiger partial charge < -0.3 is 19.9 Å². The predicted octanol–water partition coefficient (Wildman–Crippen LogP) is 2.15. The molecule has 8 heteroatoms. The average Bonchev–Trinajstić information content (AvgIpc) is 2.97. The Labute approximate surface area is 154 Å². The molecule has 2 aromatic carbocycles. The molecule has 2 aromatic rings. The van der Waals surface area contributed by atoms with Gasteiger partial charge in [-0.15, -0.1) is 0 Å². The number of urea groups is 1. The first kappa shape index (κ1) is 18.0. The number of carboxylic acid groups (broad SMARTS) is 1. The summed E-state index contributed by atoms with van der Waals surface area (Å²) in [4.78, 5) is 34.1. The second kappa shape index (κ2) is 7.61. The molecule has 1 fully saturated rings. The summed E-state index contributed by atoms with van der Waals surface area (Å²) in [6.07, 6.45) is 1.48. The fourth-order valence-electron chi connectivity index (χ4n) is 2.55. The van der Waals surface area contributed by atoms with Crippen molar-refractivity contribution in [1.29, 1.82) is 0 Å². The molecule has 0 radical (unpaired) electrons. The van der Waals surface area contributed by atoms with Crippen LogP contribution < -0.4 is 20.1 Å². The van der Waals surface area contributed by atoms with Crippen LogP contribution in [-0.4, -0.2) is 30.1 Å². The standard InChI is InChI=1S/C19H16N2O6/c1-26-15-7-3-5-12(9-14-17(22)21-19(25)20-14)16(15)27-10-11-4-2-6-13(8-11)18(23)24/h2-9H,10H2,1H3,(H,23,24)(H2,20,21,22,25)/b14-9+. The van der Waals surface area contributed by atoms with Crippen LogP contribution in [0.5, 0.6) is 11.5 Å². The molecule has 27 heavy (non-hydrogen) atoms. The van der Waals surface area contributed by atoms with E-state index in [1.807, 2.05) is 0 Å². The van der Waals surface area contributed by atoms with Crippen molar-refractivity contribution in [2.75, 3.05) is 7.11 Å². The summed E-state index contributed by atoms with van der Waals surface area (Å²) in [5.41, 5.74) is 1.43. The summed E-state index contributed by atoms with van der Waals surface area (Å²) in [5, 5.41) is 13.6. The van der Waals surface area contributed by atoms with Crippen LogP contribution in [0.1, 0.15) is 21.5 Å². The molecule has 0 unspecified atom stereocenters. The van der Waals surface area contributed by atoms with E-state index in [4.69, 9.17) is 14.6 Å². The Hall–Kier alpha value is -3.81. The van der Waals surface area contributed by atoms with E-state index < -0.39 is 17.9 Å². The summed E-state index contributed by atoms with van der Waals surface area (Å²) in [6, 6.07) is 10.9. The van der Waals surface area contributed by atoms with Crippen molar-refractivity contribution in [1.82, 2.24) is 10.6 Å². The van der Waals surface area contributed by atoms with Crippen molar-refractivity contribution in [3.8, 4) is 11.5 Å². The van der Waals surface area contributed by atoms with E-state index in [2.05, 4.69) is 10.6 Å². The Morgan fingerprint density at radius 2 is 1.93 bits per heavy atom. The molecular weight excluding hydrogens is 352 g/mol. The summed E-state index contributed by atoms with van der Waals surface area (Å²) in [5.74, 6) is -0.767. The zero-order valence-corrected chi connectivity index (χ0v) is 14.3. The highest BCUT2D eigenvalue weighted by molar-refractivity contribution is 6.14. The number of aromatic carboxylic acids is 1. The van der Waals surface area contributed by atoms with Gasteiger partial charge >= 0.3 is 12.0 Å². The number of amides is 3. The minimum Gasteiger partial charge on any atom is -0.493 e. The van der Waals surface area contributed by atoms with E-state index in [9.17, 15) is 14.4 Å². The van der Waals surface area contributed by atoms with Gasteiger partial charge in [-0.2, -0.15) is 0 Å². The predicted molar refractivity (Wildman–Crippen MR) is 95.4 cm³/mol. The molecule has 1 heterocycles. The first-order valence-electron chi connectivity index (χ1n) is 7.94. The Kier molecular flexibility index (Phi) is 5.07. The number of hydrogen-bond acceptors (Lipinski definition) is 5. The van der Waals surface area contributed by atoms with Gasteiger partial charge in [-0.25, -0.2) is 9.59 Å². The molecule has 1 aliphatic rings. The maximum Gasteiger partial charge on any atom is 0.335 e. The van der Waals surface area contributed by atoms with Gasteiger partial charge in [-0.3, -0.25) is 10.1 Å². The molecule has 0 aliphatic carbocycles. The number of rotatable bonds is 6. The molecule has 0 spiro atoms. The second-order valence-electron chi connectivity index (χ2n) is 5.64. The van der Waals surface area contributed by atoms with Crippen LogP contribution in [0.15, 0.2) is 48.2 Å². The Morgan fingerprint density at radius 1 is 1.15 bits per heavy atom. The van der Waals surface area contributed by atoms with Crippen molar-refractivity contribution in [2.24, 2.45) is 0 Å². The van der Waals surface area contributed by atoms with Gasteiger partial charge in [0, 0.05) is 5.56 Å². The van der Waals surface area contributed by atoms with Crippen LogP contribution in [0.4, 0.5) is 4.79 Å². The minimum absolute atomic E-state index is 0.0889. The number of imide groups is 1. The van der Waals surface area contributed by atoms with Gasteiger partial charge in [-0.1, -0.05) is 24.3 Å². The lowest BCUT2D eigenvalue weighted by Gasteiger charge is -2.14. The van der Waals surface area contributed by atoms with Gasteiger partial charge in [0.1, 0.15) is 12.3 Å². The van der Waals surface area contributed by atoms with E-state index in [1.54, 1.807) is 30.3 Å². The zero-order chi connectivity index (χ0) is 19.4. The SMILES string of the molecule is COc1cccc(/C=C2/NC(=O)NC2=O)c1OCc1cccc(C(=O)O)c1. The second-order valence-corrected chi connectivity index (χ2v) is 5.64. The molecular formula is C19H16N2O6. The number of hydrogen-bond donors (Lipinski definition) is 3. The lowest BCUT2D eigenvalue weighted by Crippen LogP contribution is -2.22. The molecule has 138 valence electrons. The van der Waals surface area contributed by atoms with Crippen molar-refractivity contribution >= 4 is 24.0 Å². The van der Waals surface area contributed by atoms with E-state index in [0.29, 0.717) is 22.6 Å². The number of carbonyl (C=O) groups excluding carboxylic acids is 2. The van der Waals surface area contributed by atoms with Gasteiger partial charge in [0.2, 0.25) is 0 Å². The molecule has 3 rings (SSSR count). The Balaban J connectivity index is 1.89. The normalized spacial score (nSPS) is 14.6. The van der Waals surface area contributed by atoms with Crippen LogP contribution in [0.2, 0.25) is 0 Å². The van der Waals surface area contributed by atoms with Crippen molar-refractivity contribution in [2.45, 2.75) is 6.61 Å². The minimum atomic E-state index is -1.03. The van der Waals surface area contributed by atoms with Crippen LogP contribution >= 0.6 is 0 Å². The number of ether oxygens (including phenoxy) is 2. The lowest BCUT2D eigenvalue weighted by atomic mass is 10.1. The molecule has 1 saturated heterocycles. The summed E-state index contributed by atoms with van der Waals surface area (Å²) in [6.45, 7) is 0.0935. The third kappa shape index (κ3) is 4.06. The van der Waals surface area contributed by atoms with E-state index >= 15 is 0 Å². The molecule has 8 nitrogen and oxygen atoms in total. The lowest BCUT2D eigenvalue weighted by molar-refractivity contribution is -0.115. The zero-order valence-electron chi connectivity index (χ0n) is 14.3. The monoisotopic (exact) mass is 368 g/mol. The molecule has 3 N–H and O–H groups in total. The highest BCUT2D eigenvalue weighted by Gasteiger charge is 2.23. The van der Waals surface area contributed by atoms with Crippen LogP contribution in [0.25, 0.3) is 6.08 Å². The van der Waals surface area contributed by atoms with Crippen LogP contribution in [-0.2, 0) is 11.4 Å². The van der Waals surface area contributed by atoms with Crippen molar-refractivity contribution in [3.05, 3.63) is 64.9 Å². The highest BCUT2D eigenvalue weighted by atomic mass is 16.5.